The second-order valence-electron chi connectivity index (χ2n) is 7.86. The number of hydrogen-bond donors (Lipinski definition) is 0. The van der Waals surface area contributed by atoms with Crippen LogP contribution >= 0.6 is 0 Å². The van der Waals surface area contributed by atoms with Crippen LogP contribution in [0.4, 0.5) is 8.78 Å². The Morgan fingerprint density at radius 3 is 2.61 bits per heavy atom. The number of carbonyl (C=O) groups is 2. The van der Waals surface area contributed by atoms with Gasteiger partial charge in [0.15, 0.2) is 6.61 Å². The summed E-state index contributed by atoms with van der Waals surface area (Å²) in [5, 5.41) is 0. The smallest absolute Gasteiger partial charge is 0.272 e. The lowest BCUT2D eigenvalue weighted by Gasteiger charge is -2.30. The minimum atomic E-state index is -2.58. The van der Waals surface area contributed by atoms with Crippen molar-refractivity contribution in [3.05, 3.63) is 52.5 Å². The lowest BCUT2D eigenvalue weighted by Crippen LogP contribution is -2.30. The number of pyridine rings is 2. The Morgan fingerprint density at radius 2 is 2.00 bits per heavy atom. The van der Waals surface area contributed by atoms with E-state index in [4.69, 9.17) is 4.74 Å². The number of Topliss-reactive ketones (excluding diaryl/α,β-unsaturated/α-hetero) is 1. The van der Waals surface area contributed by atoms with Crippen LogP contribution in [0.15, 0.2) is 24.5 Å². The highest BCUT2D eigenvalue weighted by Crippen LogP contribution is 2.42. The van der Waals surface area contributed by atoms with Gasteiger partial charge in [-0.25, -0.2) is 13.8 Å². The van der Waals surface area contributed by atoms with Crippen molar-refractivity contribution in [1.82, 2.24) is 14.9 Å². The lowest BCUT2D eigenvalue weighted by atomic mass is 9.92. The van der Waals surface area contributed by atoms with Gasteiger partial charge in [-0.15, -0.1) is 0 Å². The molecule has 1 amide bonds. The Balaban J connectivity index is 1.91. The van der Waals surface area contributed by atoms with Crippen molar-refractivity contribution in [1.29, 1.82) is 0 Å². The molecule has 0 radical (unpaired) electrons. The van der Waals surface area contributed by atoms with Gasteiger partial charge in [0.05, 0.1) is 23.7 Å². The molecule has 2 aromatic heterocycles. The van der Waals surface area contributed by atoms with Crippen LogP contribution in [0.1, 0.15) is 84.9 Å². The van der Waals surface area contributed by atoms with Crippen LogP contribution < -0.4 is 4.74 Å². The summed E-state index contributed by atoms with van der Waals surface area (Å²) in [6.07, 6.45) is 0.947. The molecule has 8 heteroatoms. The highest BCUT2D eigenvalue weighted by Gasteiger charge is 2.40. The molecule has 1 aliphatic rings. The van der Waals surface area contributed by atoms with Gasteiger partial charge in [0, 0.05) is 35.5 Å². The van der Waals surface area contributed by atoms with Gasteiger partial charge in [-0.1, -0.05) is 6.92 Å². The number of amides is 1. The van der Waals surface area contributed by atoms with E-state index in [1.54, 1.807) is 36.4 Å². The van der Waals surface area contributed by atoms with Crippen LogP contribution in [0.3, 0.4) is 0 Å². The topological polar surface area (TPSA) is 72.4 Å². The maximum atomic E-state index is 13.3. The second-order valence-corrected chi connectivity index (χ2v) is 7.86. The Hall–Kier alpha value is -2.90. The molecule has 0 bridgehead atoms. The highest BCUT2D eigenvalue weighted by molar-refractivity contribution is 6.00. The number of ketones is 1. The summed E-state index contributed by atoms with van der Waals surface area (Å²) in [5.41, 5.74) is 3.37. The van der Waals surface area contributed by atoms with Crippen molar-refractivity contribution in [3.8, 4) is 5.88 Å². The van der Waals surface area contributed by atoms with Crippen LogP contribution in [-0.2, 0) is 4.79 Å². The Morgan fingerprint density at radius 1 is 1.29 bits per heavy atom. The van der Waals surface area contributed by atoms with Gasteiger partial charge in [0.25, 0.3) is 12.3 Å². The van der Waals surface area contributed by atoms with Gasteiger partial charge >= 0.3 is 0 Å². The van der Waals surface area contributed by atoms with Crippen LogP contribution in [0.5, 0.6) is 5.88 Å². The zero-order chi connectivity index (χ0) is 22.9. The molecule has 3 rings (SSSR count). The molecule has 3 atom stereocenters. The standard InChI is InChI=1S/C23H27F2N3O3/c1-6-18(29)13(3)21-20-15(5)28(23(30)17(20)7-8-26-21)14(4)16-9-12(2)22(27-10-16)31-11-19(24)25/h7-10,13-15,19H,6,11H2,1-5H3. The van der Waals surface area contributed by atoms with E-state index in [-0.39, 0.29) is 35.6 Å². The van der Waals surface area contributed by atoms with Crippen molar-refractivity contribution in [2.24, 2.45) is 0 Å². The third kappa shape index (κ3) is 4.29. The molecule has 0 fully saturated rings. The number of fused-ring (bicyclic) bond motifs is 1. The average Bonchev–Trinajstić information content (AvgIpc) is 3.01. The van der Waals surface area contributed by atoms with Gasteiger partial charge in [0.1, 0.15) is 5.78 Å². The maximum Gasteiger partial charge on any atom is 0.272 e. The fourth-order valence-electron chi connectivity index (χ4n) is 4.15. The second kappa shape index (κ2) is 9.08. The SMILES string of the molecule is CCC(=O)C(C)c1nccc2c1C(C)N(C(C)c1cnc(OCC(F)F)c(C)c1)C2=O. The van der Waals surface area contributed by atoms with Gasteiger partial charge < -0.3 is 9.64 Å². The number of hydrogen-bond acceptors (Lipinski definition) is 5. The van der Waals surface area contributed by atoms with Gasteiger partial charge in [0.2, 0.25) is 5.88 Å². The molecule has 0 saturated heterocycles. The predicted molar refractivity (Wildman–Crippen MR) is 111 cm³/mol. The molecule has 0 saturated carbocycles. The lowest BCUT2D eigenvalue weighted by molar-refractivity contribution is -0.119. The number of alkyl halides is 2. The summed E-state index contributed by atoms with van der Waals surface area (Å²) < 4.78 is 29.9. The molecule has 0 spiro atoms. The summed E-state index contributed by atoms with van der Waals surface area (Å²) in [6.45, 7) is 8.47. The van der Waals surface area contributed by atoms with E-state index in [0.717, 1.165) is 11.1 Å². The van der Waals surface area contributed by atoms with Crippen LogP contribution in [0.2, 0.25) is 0 Å². The first-order valence-electron chi connectivity index (χ1n) is 10.4. The molecule has 166 valence electrons. The minimum Gasteiger partial charge on any atom is -0.471 e. The van der Waals surface area contributed by atoms with Crippen molar-refractivity contribution >= 4 is 11.7 Å². The van der Waals surface area contributed by atoms with E-state index in [1.807, 2.05) is 27.7 Å². The van der Waals surface area contributed by atoms with Crippen LogP contribution in [-0.4, -0.2) is 39.6 Å². The summed E-state index contributed by atoms with van der Waals surface area (Å²) in [5.74, 6) is -0.295. The number of ether oxygens (including phenoxy) is 1. The van der Waals surface area contributed by atoms with E-state index in [2.05, 4.69) is 9.97 Å². The fraction of sp³-hybridized carbons (Fsp3) is 0.478. The third-order valence-electron chi connectivity index (χ3n) is 5.86. The monoisotopic (exact) mass is 431 g/mol. The Bertz CT molecular complexity index is 996. The van der Waals surface area contributed by atoms with E-state index in [1.165, 1.54) is 0 Å². The number of aryl methyl sites for hydroxylation is 1. The summed E-state index contributed by atoms with van der Waals surface area (Å²) in [7, 11) is 0. The molecule has 0 aromatic carbocycles. The number of nitrogens with zero attached hydrogens (tertiary/aromatic N) is 3. The van der Waals surface area contributed by atoms with Crippen LogP contribution in [0, 0.1) is 6.92 Å². The summed E-state index contributed by atoms with van der Waals surface area (Å²) in [4.78, 5) is 35.9. The van der Waals surface area contributed by atoms with E-state index in [0.29, 0.717) is 23.2 Å². The number of carbonyl (C=O) groups excluding carboxylic acids is 2. The van der Waals surface area contributed by atoms with Gasteiger partial charge in [-0.05, 0) is 45.4 Å². The molecular weight excluding hydrogens is 404 g/mol. The molecule has 6 nitrogen and oxygen atoms in total. The zero-order valence-electron chi connectivity index (χ0n) is 18.4. The first-order valence-corrected chi connectivity index (χ1v) is 10.4. The fourth-order valence-corrected chi connectivity index (χ4v) is 4.15. The van der Waals surface area contributed by atoms with E-state index < -0.39 is 13.0 Å². The Kier molecular flexibility index (Phi) is 6.67. The highest BCUT2D eigenvalue weighted by atomic mass is 19.3. The molecule has 31 heavy (non-hydrogen) atoms. The number of rotatable bonds is 8. The van der Waals surface area contributed by atoms with Crippen molar-refractivity contribution in [3.63, 3.8) is 0 Å². The van der Waals surface area contributed by atoms with E-state index >= 15 is 0 Å². The molecule has 3 heterocycles. The summed E-state index contributed by atoms with van der Waals surface area (Å²) in [6, 6.07) is 2.89. The largest absolute Gasteiger partial charge is 0.471 e. The van der Waals surface area contributed by atoms with Crippen molar-refractivity contribution < 1.29 is 23.1 Å². The third-order valence-corrected chi connectivity index (χ3v) is 5.86. The first kappa shape index (κ1) is 22.8. The van der Waals surface area contributed by atoms with Crippen molar-refractivity contribution in [2.75, 3.05) is 6.61 Å². The molecule has 2 aromatic rings. The molecule has 0 aliphatic carbocycles. The molecular formula is C23H27F2N3O3. The van der Waals surface area contributed by atoms with E-state index in [9.17, 15) is 18.4 Å². The first-order chi connectivity index (χ1) is 14.7. The molecule has 1 aliphatic heterocycles. The number of aromatic nitrogens is 2. The average molecular weight is 431 g/mol. The van der Waals surface area contributed by atoms with Gasteiger partial charge in [-0.3, -0.25) is 14.6 Å². The van der Waals surface area contributed by atoms with Gasteiger partial charge in [-0.2, -0.15) is 0 Å². The molecule has 0 N–H and O–H groups in total. The minimum absolute atomic E-state index is 0.0752. The predicted octanol–water partition coefficient (Wildman–Crippen LogP) is 4.79. The van der Waals surface area contributed by atoms with Crippen molar-refractivity contribution in [2.45, 2.75) is 65.5 Å². The Labute approximate surface area is 180 Å². The maximum absolute atomic E-state index is 13.3. The molecule has 3 unspecified atom stereocenters. The number of halogens is 2. The normalized spacial score (nSPS) is 17.6. The summed E-state index contributed by atoms with van der Waals surface area (Å²) >= 11 is 0. The zero-order valence-corrected chi connectivity index (χ0v) is 18.4. The van der Waals surface area contributed by atoms with Crippen LogP contribution in [0.25, 0.3) is 0 Å². The quantitative estimate of drug-likeness (QED) is 0.601.